The molecule has 0 spiro atoms. The lowest BCUT2D eigenvalue weighted by molar-refractivity contribution is 0.254. The number of aliphatic imine (C=N–C) groups is 1. The van der Waals surface area contributed by atoms with Gasteiger partial charge in [-0.1, -0.05) is 64.2 Å². The van der Waals surface area contributed by atoms with Gasteiger partial charge in [-0.2, -0.15) is 0 Å². The van der Waals surface area contributed by atoms with Crippen molar-refractivity contribution >= 4 is 11.6 Å². The molecule has 1 atom stereocenters. The van der Waals surface area contributed by atoms with E-state index in [2.05, 4.69) is 54.4 Å². The van der Waals surface area contributed by atoms with Crippen LogP contribution in [0.2, 0.25) is 0 Å². The smallest absolute Gasteiger partial charge is 0.198 e. The molecule has 1 aliphatic carbocycles. The SMILES string of the molecule is CC(C)C[C@H]1CN=C(Nc2ccccc2)N1CCC1CCCCC1. The molecule has 1 aromatic carbocycles. The summed E-state index contributed by atoms with van der Waals surface area (Å²) in [5.41, 5.74) is 1.14. The highest BCUT2D eigenvalue weighted by atomic mass is 15.4. The fraction of sp³-hybridized carbons (Fsp3) is 0.667. The molecule has 0 bridgehead atoms. The lowest BCUT2D eigenvalue weighted by Gasteiger charge is -2.31. The molecule has 0 unspecified atom stereocenters. The van der Waals surface area contributed by atoms with Gasteiger partial charge in [0.2, 0.25) is 0 Å². The largest absolute Gasteiger partial charge is 0.338 e. The van der Waals surface area contributed by atoms with E-state index in [0.717, 1.165) is 36.6 Å². The third kappa shape index (κ3) is 4.75. The van der Waals surface area contributed by atoms with E-state index in [9.17, 15) is 0 Å². The predicted octanol–water partition coefficient (Wildman–Crippen LogP) is 5.16. The van der Waals surface area contributed by atoms with Gasteiger partial charge in [0.05, 0.1) is 12.6 Å². The molecule has 24 heavy (non-hydrogen) atoms. The molecule has 3 nitrogen and oxygen atoms in total. The second-order valence-electron chi connectivity index (χ2n) is 7.92. The van der Waals surface area contributed by atoms with Crippen LogP contribution in [-0.2, 0) is 0 Å². The average Bonchev–Trinajstić information content (AvgIpc) is 2.96. The van der Waals surface area contributed by atoms with E-state index in [4.69, 9.17) is 4.99 Å². The molecule has 2 aliphatic rings. The molecule has 1 heterocycles. The highest BCUT2D eigenvalue weighted by Gasteiger charge is 2.29. The standard InChI is InChI=1S/C21H33N3/c1-17(2)15-20-16-22-21(23-19-11-7-4-8-12-19)24(20)14-13-18-9-5-3-6-10-18/h4,7-8,11-12,17-18,20H,3,5-6,9-10,13-16H2,1-2H3,(H,22,23)/t20-/m0/s1. The van der Waals surface area contributed by atoms with Crippen molar-refractivity contribution in [3.8, 4) is 0 Å². The van der Waals surface area contributed by atoms with Crippen molar-refractivity contribution in [3.05, 3.63) is 30.3 Å². The summed E-state index contributed by atoms with van der Waals surface area (Å²) in [7, 11) is 0. The molecule has 0 amide bonds. The van der Waals surface area contributed by atoms with E-state index in [1.54, 1.807) is 0 Å². The van der Waals surface area contributed by atoms with E-state index < -0.39 is 0 Å². The Balaban J connectivity index is 1.62. The molecule has 0 saturated heterocycles. The van der Waals surface area contributed by atoms with Crippen molar-refractivity contribution < 1.29 is 0 Å². The van der Waals surface area contributed by atoms with E-state index in [1.165, 1.54) is 44.9 Å². The molecule has 1 saturated carbocycles. The normalized spacial score (nSPS) is 22.0. The second-order valence-corrected chi connectivity index (χ2v) is 7.92. The van der Waals surface area contributed by atoms with Crippen LogP contribution in [0, 0.1) is 11.8 Å². The van der Waals surface area contributed by atoms with Gasteiger partial charge in [-0.25, -0.2) is 0 Å². The van der Waals surface area contributed by atoms with E-state index in [1.807, 2.05) is 0 Å². The Bertz CT molecular complexity index is 517. The van der Waals surface area contributed by atoms with Crippen LogP contribution < -0.4 is 5.32 Å². The number of nitrogens with one attached hydrogen (secondary N) is 1. The second kappa shape index (κ2) is 8.55. The maximum atomic E-state index is 4.84. The Morgan fingerprint density at radius 2 is 1.88 bits per heavy atom. The Labute approximate surface area is 147 Å². The fourth-order valence-electron chi connectivity index (χ4n) is 4.15. The van der Waals surface area contributed by atoms with Crippen LogP contribution in [0.5, 0.6) is 0 Å². The summed E-state index contributed by atoms with van der Waals surface area (Å²) in [5.74, 6) is 2.73. The number of anilines is 1. The van der Waals surface area contributed by atoms with E-state index in [0.29, 0.717) is 6.04 Å². The summed E-state index contributed by atoms with van der Waals surface area (Å²) in [6.07, 6.45) is 9.73. The third-order valence-electron chi connectivity index (χ3n) is 5.44. The maximum Gasteiger partial charge on any atom is 0.198 e. The van der Waals surface area contributed by atoms with Crippen LogP contribution >= 0.6 is 0 Å². The minimum atomic E-state index is 0.569. The summed E-state index contributed by atoms with van der Waals surface area (Å²) in [5, 5.41) is 3.56. The van der Waals surface area contributed by atoms with Crippen LogP contribution in [0.1, 0.15) is 58.8 Å². The van der Waals surface area contributed by atoms with E-state index >= 15 is 0 Å². The Kier molecular flexibility index (Phi) is 6.17. The number of para-hydroxylation sites is 1. The molecular weight excluding hydrogens is 294 g/mol. The van der Waals surface area contributed by atoms with Gasteiger partial charge in [-0.3, -0.25) is 4.99 Å². The van der Waals surface area contributed by atoms with Crippen molar-refractivity contribution in [2.24, 2.45) is 16.8 Å². The predicted molar refractivity (Wildman–Crippen MR) is 104 cm³/mol. The van der Waals surface area contributed by atoms with Gasteiger partial charge < -0.3 is 10.2 Å². The highest BCUT2D eigenvalue weighted by Crippen LogP contribution is 2.28. The summed E-state index contributed by atoms with van der Waals surface area (Å²) in [4.78, 5) is 7.40. The Morgan fingerprint density at radius 3 is 2.58 bits per heavy atom. The zero-order chi connectivity index (χ0) is 16.8. The van der Waals surface area contributed by atoms with Gasteiger partial charge in [0.15, 0.2) is 5.96 Å². The minimum absolute atomic E-state index is 0.569. The van der Waals surface area contributed by atoms with Crippen LogP contribution in [0.3, 0.4) is 0 Å². The molecule has 132 valence electrons. The van der Waals surface area contributed by atoms with Crippen molar-refractivity contribution in [1.82, 2.24) is 4.90 Å². The van der Waals surface area contributed by atoms with E-state index in [-0.39, 0.29) is 0 Å². The monoisotopic (exact) mass is 327 g/mol. The first-order valence-corrected chi connectivity index (χ1v) is 9.85. The topological polar surface area (TPSA) is 27.6 Å². The van der Waals surface area contributed by atoms with Crippen molar-refractivity contribution in [2.45, 2.75) is 64.8 Å². The van der Waals surface area contributed by atoms with Crippen LogP contribution in [0.15, 0.2) is 35.3 Å². The summed E-state index contributed by atoms with van der Waals surface area (Å²) < 4.78 is 0. The molecule has 0 aromatic heterocycles. The summed E-state index contributed by atoms with van der Waals surface area (Å²) >= 11 is 0. The van der Waals surface area contributed by atoms with Crippen molar-refractivity contribution in [1.29, 1.82) is 0 Å². The van der Waals surface area contributed by atoms with Gasteiger partial charge in [0.25, 0.3) is 0 Å². The molecule has 1 aliphatic heterocycles. The number of nitrogens with zero attached hydrogens (tertiary/aromatic N) is 2. The number of hydrogen-bond acceptors (Lipinski definition) is 3. The minimum Gasteiger partial charge on any atom is -0.338 e. The quantitative estimate of drug-likeness (QED) is 0.782. The maximum absolute atomic E-state index is 4.84. The Morgan fingerprint density at radius 1 is 1.12 bits per heavy atom. The third-order valence-corrected chi connectivity index (χ3v) is 5.44. The van der Waals surface area contributed by atoms with Crippen molar-refractivity contribution in [3.63, 3.8) is 0 Å². The van der Waals surface area contributed by atoms with Crippen LogP contribution in [0.4, 0.5) is 5.69 Å². The van der Waals surface area contributed by atoms with Gasteiger partial charge >= 0.3 is 0 Å². The number of guanidine groups is 1. The molecule has 3 rings (SSSR count). The first kappa shape index (κ1) is 17.3. The number of rotatable bonds is 6. The molecule has 1 N–H and O–H groups in total. The highest BCUT2D eigenvalue weighted by molar-refractivity contribution is 5.95. The molecule has 0 radical (unpaired) electrons. The van der Waals surface area contributed by atoms with Gasteiger partial charge in [0.1, 0.15) is 0 Å². The number of benzene rings is 1. The zero-order valence-corrected chi connectivity index (χ0v) is 15.4. The van der Waals surface area contributed by atoms with Crippen molar-refractivity contribution in [2.75, 3.05) is 18.4 Å². The molecule has 1 fully saturated rings. The van der Waals surface area contributed by atoms with Gasteiger partial charge in [-0.15, -0.1) is 0 Å². The molecular formula is C21H33N3. The lowest BCUT2D eigenvalue weighted by Crippen LogP contribution is -2.42. The summed E-state index contributed by atoms with van der Waals surface area (Å²) in [6, 6.07) is 11.0. The molecule has 1 aromatic rings. The van der Waals surface area contributed by atoms with Gasteiger partial charge in [-0.05, 0) is 36.8 Å². The lowest BCUT2D eigenvalue weighted by atomic mass is 9.87. The van der Waals surface area contributed by atoms with Crippen LogP contribution in [0.25, 0.3) is 0 Å². The Hall–Kier alpha value is -1.51. The zero-order valence-electron chi connectivity index (χ0n) is 15.4. The average molecular weight is 328 g/mol. The molecule has 3 heteroatoms. The summed E-state index contributed by atoms with van der Waals surface area (Å²) in [6.45, 7) is 6.74. The fourth-order valence-corrected chi connectivity index (χ4v) is 4.15. The van der Waals surface area contributed by atoms with Crippen LogP contribution in [-0.4, -0.2) is 30.0 Å². The van der Waals surface area contributed by atoms with Gasteiger partial charge in [0, 0.05) is 12.2 Å². The first-order chi connectivity index (χ1) is 11.7. The first-order valence-electron chi connectivity index (χ1n) is 9.85. The number of hydrogen-bond donors (Lipinski definition) is 1.